The Morgan fingerprint density at radius 2 is 1.50 bits per heavy atom. The number of halogens is 4. The van der Waals surface area contributed by atoms with Crippen molar-refractivity contribution in [1.82, 2.24) is 5.32 Å². The van der Waals surface area contributed by atoms with E-state index in [1.54, 1.807) is 0 Å². The van der Waals surface area contributed by atoms with E-state index in [-0.39, 0.29) is 18.2 Å². The van der Waals surface area contributed by atoms with Gasteiger partial charge in [-0.05, 0) is 55.0 Å². The summed E-state index contributed by atoms with van der Waals surface area (Å²) in [6.45, 7) is 0.381. The van der Waals surface area contributed by atoms with Gasteiger partial charge >= 0.3 is 6.18 Å². The van der Waals surface area contributed by atoms with Gasteiger partial charge < -0.3 is 14.8 Å². The highest BCUT2D eigenvalue weighted by molar-refractivity contribution is 5.77. The predicted molar refractivity (Wildman–Crippen MR) is 86.5 cm³/mol. The van der Waals surface area contributed by atoms with Gasteiger partial charge in [0.2, 0.25) is 0 Å². The minimum atomic E-state index is -4.41. The number of amides is 1. The lowest BCUT2D eigenvalue weighted by atomic mass is 10.2. The highest BCUT2D eigenvalue weighted by atomic mass is 19.4. The van der Waals surface area contributed by atoms with Gasteiger partial charge in [-0.3, -0.25) is 4.79 Å². The van der Waals surface area contributed by atoms with Crippen molar-refractivity contribution in [3.8, 4) is 11.5 Å². The van der Waals surface area contributed by atoms with Crippen molar-refractivity contribution >= 4 is 5.91 Å². The van der Waals surface area contributed by atoms with E-state index in [1.165, 1.54) is 24.3 Å². The number of nitrogens with one attached hydrogen (secondary N) is 1. The number of benzene rings is 2. The molecule has 0 radical (unpaired) electrons. The number of hydrogen-bond acceptors (Lipinski definition) is 3. The summed E-state index contributed by atoms with van der Waals surface area (Å²) in [7, 11) is 0. The first kappa shape index (κ1) is 19.6. The number of hydrogen-bond donors (Lipinski definition) is 1. The van der Waals surface area contributed by atoms with E-state index in [4.69, 9.17) is 9.47 Å². The summed E-state index contributed by atoms with van der Waals surface area (Å²) in [4.78, 5) is 11.6. The quantitative estimate of drug-likeness (QED) is 0.567. The molecule has 2 aromatic carbocycles. The fourth-order valence-corrected chi connectivity index (χ4v) is 1.96. The molecule has 140 valence electrons. The largest absolute Gasteiger partial charge is 0.494 e. The molecule has 8 heteroatoms. The molecule has 0 heterocycles. The summed E-state index contributed by atoms with van der Waals surface area (Å²) in [5.41, 5.74) is -0.782. The van der Waals surface area contributed by atoms with Crippen molar-refractivity contribution in [2.75, 3.05) is 19.8 Å². The van der Waals surface area contributed by atoms with Crippen LogP contribution in [0.2, 0.25) is 0 Å². The van der Waals surface area contributed by atoms with Crippen LogP contribution in [0.1, 0.15) is 12.0 Å². The first-order chi connectivity index (χ1) is 12.3. The molecule has 0 fully saturated rings. The van der Waals surface area contributed by atoms with Gasteiger partial charge in [0, 0.05) is 6.54 Å². The summed E-state index contributed by atoms with van der Waals surface area (Å²) in [5.74, 6) is -0.0412. The molecule has 1 N–H and O–H groups in total. The zero-order valence-electron chi connectivity index (χ0n) is 13.7. The molecule has 4 nitrogen and oxygen atoms in total. The Balaban J connectivity index is 1.61. The second-order valence-corrected chi connectivity index (χ2v) is 5.32. The number of rotatable bonds is 8. The SMILES string of the molecule is O=C(COc1ccc(C(F)(F)F)cc1)NCCCOc1ccc(F)cc1. The lowest BCUT2D eigenvalue weighted by Gasteiger charge is -2.10. The maximum absolute atomic E-state index is 12.7. The van der Waals surface area contributed by atoms with Gasteiger partial charge in [0.25, 0.3) is 5.91 Å². The first-order valence-electron chi connectivity index (χ1n) is 7.80. The van der Waals surface area contributed by atoms with E-state index >= 15 is 0 Å². The van der Waals surface area contributed by atoms with Crippen LogP contribution in [0, 0.1) is 5.82 Å². The lowest BCUT2D eigenvalue weighted by molar-refractivity contribution is -0.137. The average Bonchev–Trinajstić information content (AvgIpc) is 2.61. The standard InChI is InChI=1S/C18H17F4NO3/c19-14-4-8-15(9-5-14)25-11-1-10-23-17(24)12-26-16-6-2-13(3-7-16)18(20,21)22/h2-9H,1,10-12H2,(H,23,24). The van der Waals surface area contributed by atoms with Crippen LogP contribution in [0.5, 0.6) is 11.5 Å². The van der Waals surface area contributed by atoms with Crippen LogP contribution >= 0.6 is 0 Å². The number of carbonyl (C=O) groups excluding carboxylic acids is 1. The first-order valence-corrected chi connectivity index (χ1v) is 7.80. The van der Waals surface area contributed by atoms with E-state index in [0.717, 1.165) is 24.3 Å². The highest BCUT2D eigenvalue weighted by Gasteiger charge is 2.30. The van der Waals surface area contributed by atoms with Crippen molar-refractivity contribution in [3.63, 3.8) is 0 Å². The van der Waals surface area contributed by atoms with E-state index in [2.05, 4.69) is 5.32 Å². The summed E-state index contributed by atoms with van der Waals surface area (Å²) in [5, 5.41) is 2.60. The second-order valence-electron chi connectivity index (χ2n) is 5.32. The lowest BCUT2D eigenvalue weighted by Crippen LogP contribution is -2.30. The Labute approximate surface area is 147 Å². The van der Waals surface area contributed by atoms with E-state index in [9.17, 15) is 22.4 Å². The molecule has 0 bridgehead atoms. The summed E-state index contributed by atoms with van der Waals surface area (Å²) in [6, 6.07) is 9.68. The Morgan fingerprint density at radius 3 is 2.12 bits per heavy atom. The molecule has 2 rings (SSSR count). The fourth-order valence-electron chi connectivity index (χ4n) is 1.96. The topological polar surface area (TPSA) is 47.6 Å². The summed E-state index contributed by atoms with van der Waals surface area (Å²) in [6.07, 6.45) is -3.88. The number of alkyl halides is 3. The van der Waals surface area contributed by atoms with Crippen LogP contribution in [-0.4, -0.2) is 25.7 Å². The van der Waals surface area contributed by atoms with Gasteiger partial charge in [-0.1, -0.05) is 0 Å². The Morgan fingerprint density at radius 1 is 0.923 bits per heavy atom. The van der Waals surface area contributed by atoms with Crippen molar-refractivity contribution in [2.45, 2.75) is 12.6 Å². The van der Waals surface area contributed by atoms with Crippen LogP contribution in [0.15, 0.2) is 48.5 Å². The number of ether oxygens (including phenoxy) is 2. The summed E-state index contributed by atoms with van der Waals surface area (Å²) < 4.78 is 60.5. The normalized spacial score (nSPS) is 11.1. The summed E-state index contributed by atoms with van der Waals surface area (Å²) >= 11 is 0. The van der Waals surface area contributed by atoms with Gasteiger partial charge in [-0.25, -0.2) is 4.39 Å². The van der Waals surface area contributed by atoms with Crippen LogP contribution in [-0.2, 0) is 11.0 Å². The van der Waals surface area contributed by atoms with Crippen LogP contribution in [0.25, 0.3) is 0 Å². The van der Waals surface area contributed by atoms with Crippen molar-refractivity contribution < 1.29 is 31.8 Å². The molecule has 1 amide bonds. The highest BCUT2D eigenvalue weighted by Crippen LogP contribution is 2.30. The monoisotopic (exact) mass is 371 g/mol. The second kappa shape index (κ2) is 9.07. The molecule has 0 atom stereocenters. The van der Waals surface area contributed by atoms with Gasteiger partial charge in [-0.15, -0.1) is 0 Å². The molecule has 0 unspecified atom stereocenters. The molecule has 0 aliphatic carbocycles. The molecule has 0 spiro atoms. The Bertz CT molecular complexity index is 700. The van der Waals surface area contributed by atoms with E-state index in [0.29, 0.717) is 25.3 Å². The van der Waals surface area contributed by atoms with Crippen LogP contribution < -0.4 is 14.8 Å². The average molecular weight is 371 g/mol. The predicted octanol–water partition coefficient (Wildman–Crippen LogP) is 3.81. The minimum Gasteiger partial charge on any atom is -0.494 e. The van der Waals surface area contributed by atoms with Gasteiger partial charge in [0.15, 0.2) is 6.61 Å². The Kier molecular flexibility index (Phi) is 6.82. The van der Waals surface area contributed by atoms with E-state index in [1.807, 2.05) is 0 Å². The molecule has 2 aromatic rings. The molecule has 26 heavy (non-hydrogen) atoms. The van der Waals surface area contributed by atoms with Crippen molar-refractivity contribution in [1.29, 1.82) is 0 Å². The molecular formula is C18H17F4NO3. The third-order valence-electron chi connectivity index (χ3n) is 3.28. The maximum Gasteiger partial charge on any atom is 0.416 e. The van der Waals surface area contributed by atoms with Crippen molar-refractivity contribution in [3.05, 3.63) is 59.9 Å². The zero-order chi connectivity index (χ0) is 19.0. The number of carbonyl (C=O) groups is 1. The third kappa shape index (κ3) is 6.62. The Hall–Kier alpha value is -2.77. The minimum absolute atomic E-state index is 0.174. The third-order valence-corrected chi connectivity index (χ3v) is 3.28. The smallest absolute Gasteiger partial charge is 0.416 e. The molecule has 0 aromatic heterocycles. The molecule has 0 saturated carbocycles. The van der Waals surface area contributed by atoms with Gasteiger partial charge in [-0.2, -0.15) is 13.2 Å². The molecular weight excluding hydrogens is 354 g/mol. The molecule has 0 saturated heterocycles. The van der Waals surface area contributed by atoms with E-state index < -0.39 is 17.6 Å². The molecule has 0 aliphatic heterocycles. The van der Waals surface area contributed by atoms with Gasteiger partial charge in [0.05, 0.1) is 12.2 Å². The fraction of sp³-hybridized carbons (Fsp3) is 0.278. The van der Waals surface area contributed by atoms with Crippen molar-refractivity contribution in [2.24, 2.45) is 0 Å². The maximum atomic E-state index is 12.7. The van der Waals surface area contributed by atoms with Gasteiger partial charge in [0.1, 0.15) is 17.3 Å². The van der Waals surface area contributed by atoms with Crippen LogP contribution in [0.4, 0.5) is 17.6 Å². The van der Waals surface area contributed by atoms with Crippen LogP contribution in [0.3, 0.4) is 0 Å². The molecule has 0 aliphatic rings. The zero-order valence-corrected chi connectivity index (χ0v) is 13.7.